The number of carbonyl (C=O) groups is 1. The minimum atomic E-state index is -0.0278. The molecule has 1 aliphatic heterocycles. The fraction of sp³-hybridized carbons (Fsp3) is 0.588. The van der Waals surface area contributed by atoms with Crippen molar-refractivity contribution in [3.63, 3.8) is 0 Å². The quantitative estimate of drug-likeness (QED) is 0.863. The van der Waals surface area contributed by atoms with E-state index in [1.807, 2.05) is 27.8 Å². The third-order valence-corrected chi connectivity index (χ3v) is 4.84. The minimum absolute atomic E-state index is 0.0278. The van der Waals surface area contributed by atoms with E-state index in [0.717, 1.165) is 53.6 Å². The summed E-state index contributed by atoms with van der Waals surface area (Å²) in [5, 5.41) is 14.5. The van der Waals surface area contributed by atoms with Crippen molar-refractivity contribution in [1.29, 1.82) is 0 Å². The largest absolute Gasteiger partial charge is 0.481 e. The summed E-state index contributed by atoms with van der Waals surface area (Å²) in [6.45, 7) is 7.00. The average Bonchev–Trinajstić information content (AvgIpc) is 3.21. The van der Waals surface area contributed by atoms with E-state index in [9.17, 15) is 4.79 Å². The van der Waals surface area contributed by atoms with E-state index in [2.05, 4.69) is 25.5 Å². The first-order valence-electron chi connectivity index (χ1n) is 8.55. The van der Waals surface area contributed by atoms with Gasteiger partial charge in [0.15, 0.2) is 0 Å². The Morgan fingerprint density at radius 3 is 2.76 bits per heavy atom. The zero-order chi connectivity index (χ0) is 18.1. The Morgan fingerprint density at radius 1 is 1.36 bits per heavy atom. The van der Waals surface area contributed by atoms with Gasteiger partial charge in [-0.25, -0.2) is 4.68 Å². The Morgan fingerprint density at radius 2 is 2.12 bits per heavy atom. The second-order valence-corrected chi connectivity index (χ2v) is 6.62. The lowest BCUT2D eigenvalue weighted by molar-refractivity contribution is -0.117. The number of rotatable bonds is 5. The van der Waals surface area contributed by atoms with E-state index >= 15 is 0 Å². The topological polar surface area (TPSA) is 88.1 Å². The molecule has 2 aromatic heterocycles. The van der Waals surface area contributed by atoms with Crippen LogP contribution in [-0.4, -0.2) is 51.0 Å². The van der Waals surface area contributed by atoms with Gasteiger partial charge in [-0.3, -0.25) is 14.8 Å². The number of hydrogen-bond donors (Lipinski definition) is 2. The average molecular weight is 346 g/mol. The predicted molar refractivity (Wildman–Crippen MR) is 94.7 cm³/mol. The molecule has 0 unspecified atom stereocenters. The number of aryl methyl sites for hydroxylation is 4. The van der Waals surface area contributed by atoms with Gasteiger partial charge in [-0.1, -0.05) is 0 Å². The lowest BCUT2D eigenvalue weighted by atomic mass is 10.1. The van der Waals surface area contributed by atoms with Gasteiger partial charge in [0.1, 0.15) is 0 Å². The van der Waals surface area contributed by atoms with Gasteiger partial charge in [0, 0.05) is 13.1 Å². The molecule has 1 amide bonds. The molecule has 0 aromatic carbocycles. The van der Waals surface area contributed by atoms with Crippen LogP contribution in [0.4, 0.5) is 5.69 Å². The molecule has 1 aliphatic rings. The van der Waals surface area contributed by atoms with Crippen LogP contribution in [0, 0.1) is 20.8 Å². The zero-order valence-electron chi connectivity index (χ0n) is 15.5. The number of carbonyl (C=O) groups excluding carboxylic acids is 1. The van der Waals surface area contributed by atoms with Crippen LogP contribution in [0.2, 0.25) is 0 Å². The molecule has 0 radical (unpaired) electrons. The van der Waals surface area contributed by atoms with Gasteiger partial charge >= 0.3 is 0 Å². The lowest BCUT2D eigenvalue weighted by Crippen LogP contribution is -2.33. The number of aromatic nitrogens is 4. The molecule has 1 saturated heterocycles. The normalized spacial score (nSPS) is 17.9. The summed E-state index contributed by atoms with van der Waals surface area (Å²) in [4.78, 5) is 14.7. The van der Waals surface area contributed by atoms with Gasteiger partial charge in [0.2, 0.25) is 11.8 Å². The third kappa shape index (κ3) is 3.26. The smallest absolute Gasteiger partial charge is 0.238 e. The van der Waals surface area contributed by atoms with Crippen LogP contribution in [0.5, 0.6) is 5.88 Å². The number of nitrogens with one attached hydrogen (secondary N) is 2. The molecule has 3 rings (SSSR count). The Bertz CT molecular complexity index is 759. The maximum atomic E-state index is 12.5. The maximum absolute atomic E-state index is 12.5. The molecule has 136 valence electrons. The van der Waals surface area contributed by atoms with Gasteiger partial charge in [0.25, 0.3) is 0 Å². The summed E-state index contributed by atoms with van der Waals surface area (Å²) in [6.07, 6.45) is 2.05. The predicted octanol–water partition coefficient (Wildman–Crippen LogP) is 1.85. The van der Waals surface area contributed by atoms with Gasteiger partial charge in [-0.2, -0.15) is 10.2 Å². The summed E-state index contributed by atoms with van der Waals surface area (Å²) < 4.78 is 7.30. The fourth-order valence-electron chi connectivity index (χ4n) is 3.72. The van der Waals surface area contributed by atoms with E-state index in [-0.39, 0.29) is 11.9 Å². The summed E-state index contributed by atoms with van der Waals surface area (Å²) >= 11 is 0. The standard InChI is InChI=1S/C17H26N6O2/c1-10-15(17(25-5)22(4)21-10)13-7-6-8-23(13)9-14(24)18-16-11(2)19-20-12(16)3/h13H,6-9H2,1-5H3,(H,18,24)(H,19,20)/t13-/m0/s1. The third-order valence-electron chi connectivity index (χ3n) is 4.84. The van der Waals surface area contributed by atoms with Gasteiger partial charge in [0.05, 0.1) is 42.0 Å². The molecule has 0 spiro atoms. The molecular formula is C17H26N6O2. The maximum Gasteiger partial charge on any atom is 0.238 e. The number of hydrogen-bond acceptors (Lipinski definition) is 5. The van der Waals surface area contributed by atoms with Crippen molar-refractivity contribution in [3.05, 3.63) is 22.6 Å². The van der Waals surface area contributed by atoms with Crippen molar-refractivity contribution in [1.82, 2.24) is 24.9 Å². The lowest BCUT2D eigenvalue weighted by Gasteiger charge is -2.24. The number of nitrogens with zero attached hydrogens (tertiary/aromatic N) is 4. The first-order valence-corrected chi connectivity index (χ1v) is 8.55. The molecular weight excluding hydrogens is 320 g/mol. The Hall–Kier alpha value is -2.35. The molecule has 0 saturated carbocycles. The van der Waals surface area contributed by atoms with Crippen molar-refractivity contribution in [2.45, 2.75) is 39.7 Å². The number of aromatic amines is 1. The second kappa shape index (κ2) is 6.87. The van der Waals surface area contributed by atoms with Crippen LogP contribution >= 0.6 is 0 Å². The van der Waals surface area contributed by atoms with Crippen molar-refractivity contribution in [2.75, 3.05) is 25.5 Å². The van der Waals surface area contributed by atoms with Crippen molar-refractivity contribution in [3.8, 4) is 5.88 Å². The molecule has 3 heterocycles. The van der Waals surface area contributed by atoms with Crippen LogP contribution in [-0.2, 0) is 11.8 Å². The minimum Gasteiger partial charge on any atom is -0.481 e. The van der Waals surface area contributed by atoms with Gasteiger partial charge < -0.3 is 10.1 Å². The van der Waals surface area contributed by atoms with Crippen molar-refractivity contribution >= 4 is 11.6 Å². The van der Waals surface area contributed by atoms with Gasteiger partial charge in [-0.05, 0) is 40.2 Å². The molecule has 1 atom stereocenters. The molecule has 8 heteroatoms. The highest BCUT2D eigenvalue weighted by Crippen LogP contribution is 2.38. The summed E-state index contributed by atoms with van der Waals surface area (Å²) in [6, 6.07) is 0.154. The molecule has 8 nitrogen and oxygen atoms in total. The number of anilines is 1. The van der Waals surface area contributed by atoms with Crippen LogP contribution in [0.25, 0.3) is 0 Å². The van der Waals surface area contributed by atoms with Crippen molar-refractivity contribution < 1.29 is 9.53 Å². The number of likely N-dealkylation sites (tertiary alicyclic amines) is 1. The highest BCUT2D eigenvalue weighted by atomic mass is 16.5. The van der Waals surface area contributed by atoms with Crippen LogP contribution in [0.15, 0.2) is 0 Å². The molecule has 0 aliphatic carbocycles. The number of amides is 1. The van der Waals surface area contributed by atoms with E-state index in [4.69, 9.17) is 4.74 Å². The van der Waals surface area contributed by atoms with Crippen LogP contribution in [0.3, 0.4) is 0 Å². The highest BCUT2D eigenvalue weighted by Gasteiger charge is 2.33. The summed E-state index contributed by atoms with van der Waals surface area (Å²) in [7, 11) is 3.54. The molecule has 2 aromatic rings. The first-order chi connectivity index (χ1) is 11.9. The fourth-order valence-corrected chi connectivity index (χ4v) is 3.72. The van der Waals surface area contributed by atoms with E-state index in [1.165, 1.54) is 0 Å². The van der Waals surface area contributed by atoms with Crippen molar-refractivity contribution in [2.24, 2.45) is 7.05 Å². The van der Waals surface area contributed by atoms with E-state index in [0.29, 0.717) is 6.54 Å². The Labute approximate surface area is 147 Å². The van der Waals surface area contributed by atoms with Crippen LogP contribution in [0.1, 0.15) is 41.5 Å². The number of methoxy groups -OCH3 is 1. The summed E-state index contributed by atoms with van der Waals surface area (Å²) in [5.74, 6) is 0.747. The SMILES string of the molecule is COc1c([C@@H]2CCCN2CC(=O)Nc2c(C)n[nH]c2C)c(C)nn1C. The zero-order valence-corrected chi connectivity index (χ0v) is 15.5. The number of H-pyrrole nitrogens is 1. The molecule has 1 fully saturated rings. The highest BCUT2D eigenvalue weighted by molar-refractivity contribution is 5.93. The first kappa shape index (κ1) is 17.5. The van der Waals surface area contributed by atoms with Gasteiger partial charge in [-0.15, -0.1) is 0 Å². The van der Waals surface area contributed by atoms with Crippen LogP contribution < -0.4 is 10.1 Å². The molecule has 25 heavy (non-hydrogen) atoms. The second-order valence-electron chi connectivity index (χ2n) is 6.62. The Kier molecular flexibility index (Phi) is 4.80. The monoisotopic (exact) mass is 346 g/mol. The summed E-state index contributed by atoms with van der Waals surface area (Å²) in [5.41, 5.74) is 4.49. The number of ether oxygens (including phenoxy) is 1. The molecule has 2 N–H and O–H groups in total. The van der Waals surface area contributed by atoms with E-state index in [1.54, 1.807) is 11.8 Å². The Balaban J connectivity index is 1.75. The molecule has 0 bridgehead atoms. The van der Waals surface area contributed by atoms with E-state index < -0.39 is 0 Å².